The Labute approximate surface area is 302 Å². The molecule has 12 nitrogen and oxygen atoms in total. The highest BCUT2D eigenvalue weighted by atomic mass is 16.6. The van der Waals surface area contributed by atoms with E-state index in [-0.39, 0.29) is 24.3 Å². The van der Waals surface area contributed by atoms with Crippen molar-refractivity contribution in [1.29, 1.82) is 0 Å². The number of alkyl carbamates (subject to hydrolysis) is 1. The van der Waals surface area contributed by atoms with Crippen LogP contribution in [0, 0.1) is 6.92 Å². The Kier molecular flexibility index (Phi) is 16.4. The van der Waals surface area contributed by atoms with Crippen molar-refractivity contribution in [1.82, 2.24) is 15.5 Å². The zero-order valence-corrected chi connectivity index (χ0v) is 31.5. The zero-order valence-electron chi connectivity index (χ0n) is 31.5. The van der Waals surface area contributed by atoms with E-state index in [2.05, 4.69) is 17.6 Å². The predicted octanol–water partition coefficient (Wildman–Crippen LogP) is 5.77. The average molecular weight is 711 g/mol. The van der Waals surface area contributed by atoms with Crippen LogP contribution in [0.2, 0.25) is 0 Å². The molecule has 0 saturated carbocycles. The SMILES string of the molecule is CCCCCCCCN(C(=O)C(CC(N)=O)NC(=O)OC(C)(C)C)C(C(=O)NC(Cc1ccccc1)C(=O)OC(C)(C)C)c1cccc(C)c1O. The van der Waals surface area contributed by atoms with Crippen LogP contribution in [0.4, 0.5) is 4.79 Å². The molecule has 3 atom stereocenters. The van der Waals surface area contributed by atoms with Crippen LogP contribution in [0.25, 0.3) is 0 Å². The predicted molar refractivity (Wildman–Crippen MR) is 196 cm³/mol. The molecule has 0 aliphatic rings. The molecule has 4 amide bonds. The first-order valence-electron chi connectivity index (χ1n) is 17.8. The summed E-state index contributed by atoms with van der Waals surface area (Å²) >= 11 is 0. The summed E-state index contributed by atoms with van der Waals surface area (Å²) in [7, 11) is 0. The molecular formula is C39H58N4O8. The minimum atomic E-state index is -1.49. The number of aryl methyl sites for hydroxylation is 1. The van der Waals surface area contributed by atoms with Gasteiger partial charge in [0.1, 0.15) is 35.1 Å². The highest BCUT2D eigenvalue weighted by molar-refractivity contribution is 5.96. The number of unbranched alkanes of at least 4 members (excludes halogenated alkanes) is 5. The molecule has 0 bridgehead atoms. The highest BCUT2D eigenvalue weighted by Gasteiger charge is 2.40. The van der Waals surface area contributed by atoms with Gasteiger partial charge in [0.2, 0.25) is 17.7 Å². The number of ether oxygens (including phenoxy) is 2. The number of carbonyl (C=O) groups is 5. The van der Waals surface area contributed by atoms with Gasteiger partial charge in [-0.2, -0.15) is 0 Å². The fourth-order valence-electron chi connectivity index (χ4n) is 5.50. The van der Waals surface area contributed by atoms with E-state index in [4.69, 9.17) is 15.2 Å². The fraction of sp³-hybridized carbons (Fsp3) is 0.564. The van der Waals surface area contributed by atoms with Gasteiger partial charge >= 0.3 is 12.1 Å². The molecule has 2 aromatic rings. The van der Waals surface area contributed by atoms with Crippen molar-refractivity contribution in [2.24, 2.45) is 5.73 Å². The van der Waals surface area contributed by atoms with Gasteiger partial charge < -0.3 is 35.8 Å². The average Bonchev–Trinajstić information content (AvgIpc) is 3.01. The van der Waals surface area contributed by atoms with E-state index in [1.54, 1.807) is 60.6 Å². The van der Waals surface area contributed by atoms with Crippen LogP contribution < -0.4 is 16.4 Å². The number of hydrogen-bond donors (Lipinski definition) is 4. The summed E-state index contributed by atoms with van der Waals surface area (Å²) in [6.45, 7) is 13.9. The molecule has 2 aromatic carbocycles. The van der Waals surface area contributed by atoms with Crippen molar-refractivity contribution in [2.75, 3.05) is 6.54 Å². The smallest absolute Gasteiger partial charge is 0.408 e. The molecule has 0 aromatic heterocycles. The molecule has 0 spiro atoms. The Bertz CT molecular complexity index is 1470. The number of rotatable bonds is 18. The third-order valence-electron chi connectivity index (χ3n) is 7.84. The van der Waals surface area contributed by atoms with Crippen molar-refractivity contribution in [2.45, 2.75) is 136 Å². The number of hydrogen-bond acceptors (Lipinski definition) is 8. The van der Waals surface area contributed by atoms with Gasteiger partial charge in [0, 0.05) is 18.5 Å². The van der Waals surface area contributed by atoms with Gasteiger partial charge in [-0.15, -0.1) is 0 Å². The number of primary amides is 1. The molecule has 0 aliphatic carbocycles. The van der Waals surface area contributed by atoms with Gasteiger partial charge in [-0.1, -0.05) is 87.6 Å². The van der Waals surface area contributed by atoms with E-state index in [0.717, 1.165) is 37.7 Å². The number of nitrogens with two attached hydrogens (primary N) is 1. The number of benzene rings is 2. The van der Waals surface area contributed by atoms with Crippen molar-refractivity contribution in [3.63, 3.8) is 0 Å². The van der Waals surface area contributed by atoms with Crippen molar-refractivity contribution < 1.29 is 38.6 Å². The molecular weight excluding hydrogens is 652 g/mol. The van der Waals surface area contributed by atoms with Crippen molar-refractivity contribution >= 4 is 29.8 Å². The lowest BCUT2D eigenvalue weighted by Crippen LogP contribution is -2.55. The van der Waals surface area contributed by atoms with Gasteiger partial charge in [0.15, 0.2) is 0 Å². The normalized spacial score (nSPS) is 13.3. The number of aromatic hydroxyl groups is 1. The van der Waals surface area contributed by atoms with Crippen LogP contribution in [0.1, 0.15) is 116 Å². The van der Waals surface area contributed by atoms with Crippen LogP contribution in [0.5, 0.6) is 5.75 Å². The van der Waals surface area contributed by atoms with Gasteiger partial charge in [0.05, 0.1) is 6.42 Å². The third kappa shape index (κ3) is 15.0. The highest BCUT2D eigenvalue weighted by Crippen LogP contribution is 2.33. The van der Waals surface area contributed by atoms with E-state index in [9.17, 15) is 29.1 Å². The van der Waals surface area contributed by atoms with E-state index >= 15 is 0 Å². The second-order valence-electron chi connectivity index (χ2n) is 14.9. The quantitative estimate of drug-likeness (QED) is 0.111. The molecule has 12 heteroatoms. The minimum Gasteiger partial charge on any atom is -0.507 e. The van der Waals surface area contributed by atoms with Gasteiger partial charge in [-0.25, -0.2) is 9.59 Å². The molecule has 282 valence electrons. The molecule has 51 heavy (non-hydrogen) atoms. The Morgan fingerprint density at radius 2 is 1.41 bits per heavy atom. The first kappa shape index (κ1) is 42.6. The number of phenols is 1. The maximum absolute atomic E-state index is 14.6. The lowest BCUT2D eigenvalue weighted by Gasteiger charge is -2.35. The summed E-state index contributed by atoms with van der Waals surface area (Å²) in [4.78, 5) is 69.1. The summed E-state index contributed by atoms with van der Waals surface area (Å²) in [6.07, 6.45) is 3.75. The summed E-state index contributed by atoms with van der Waals surface area (Å²) in [6, 6.07) is 9.79. The van der Waals surface area contributed by atoms with E-state index in [1.165, 1.54) is 11.0 Å². The van der Waals surface area contributed by atoms with Crippen molar-refractivity contribution in [3.05, 3.63) is 65.2 Å². The van der Waals surface area contributed by atoms with Gasteiger partial charge in [-0.3, -0.25) is 14.4 Å². The number of esters is 1. The lowest BCUT2D eigenvalue weighted by molar-refractivity contribution is -0.159. The molecule has 0 heterocycles. The number of carbonyl (C=O) groups excluding carboxylic acids is 5. The number of para-hydroxylation sites is 1. The second-order valence-corrected chi connectivity index (χ2v) is 14.9. The van der Waals surface area contributed by atoms with E-state index < -0.39 is 65.5 Å². The van der Waals surface area contributed by atoms with Gasteiger partial charge in [-0.05, 0) is 66.0 Å². The van der Waals surface area contributed by atoms with Crippen LogP contribution in [-0.4, -0.2) is 69.6 Å². The molecule has 3 unspecified atom stereocenters. The Morgan fingerprint density at radius 1 is 0.804 bits per heavy atom. The first-order chi connectivity index (χ1) is 23.8. The number of nitrogens with zero attached hydrogens (tertiary/aromatic N) is 1. The maximum atomic E-state index is 14.6. The summed E-state index contributed by atoms with van der Waals surface area (Å²) < 4.78 is 11.1. The Hall–Kier alpha value is -4.61. The molecule has 0 fully saturated rings. The first-order valence-corrected chi connectivity index (χ1v) is 17.8. The zero-order chi connectivity index (χ0) is 38.4. The van der Waals surface area contributed by atoms with Crippen molar-refractivity contribution in [3.8, 4) is 5.75 Å². The Morgan fingerprint density at radius 3 is 2.00 bits per heavy atom. The third-order valence-corrected chi connectivity index (χ3v) is 7.84. The fourth-order valence-corrected chi connectivity index (χ4v) is 5.50. The second kappa shape index (κ2) is 19.7. The molecule has 0 radical (unpaired) electrons. The molecule has 0 saturated heterocycles. The van der Waals surface area contributed by atoms with Crippen LogP contribution in [-0.2, 0) is 35.1 Å². The molecule has 5 N–H and O–H groups in total. The summed E-state index contributed by atoms with van der Waals surface area (Å²) in [5.41, 5.74) is 5.08. The molecule has 0 aliphatic heterocycles. The molecule has 2 rings (SSSR count). The summed E-state index contributed by atoms with van der Waals surface area (Å²) in [5, 5.41) is 16.6. The number of phenolic OH excluding ortho intramolecular Hbond substituents is 1. The lowest BCUT2D eigenvalue weighted by atomic mass is 9.97. The number of nitrogens with one attached hydrogen (secondary N) is 2. The standard InChI is InChI=1S/C39H58N4O8/c1-9-10-11-12-13-17-23-43(35(47)29(25-31(40)44)42-37(49)51-39(6,7)8)32(28-22-18-19-26(2)33(28)45)34(46)41-30(36(48)50-38(3,4)5)24-27-20-15-14-16-21-27/h14-16,18-22,29-30,32,45H,9-13,17,23-25H2,1-8H3,(H2,40,44)(H,41,46)(H,42,49). The largest absolute Gasteiger partial charge is 0.507 e. The topological polar surface area (TPSA) is 177 Å². The van der Waals surface area contributed by atoms with Crippen LogP contribution >= 0.6 is 0 Å². The maximum Gasteiger partial charge on any atom is 0.408 e. The van der Waals surface area contributed by atoms with Crippen LogP contribution in [0.15, 0.2) is 48.5 Å². The van der Waals surface area contributed by atoms with Gasteiger partial charge in [0.25, 0.3) is 0 Å². The summed E-state index contributed by atoms with van der Waals surface area (Å²) in [5.74, 6) is -3.32. The van der Waals surface area contributed by atoms with E-state index in [1.807, 2.05) is 30.3 Å². The number of amides is 4. The minimum absolute atomic E-state index is 0.0253. The Balaban J connectivity index is 2.69. The van der Waals surface area contributed by atoms with E-state index in [0.29, 0.717) is 12.0 Å². The van der Waals surface area contributed by atoms with Crippen LogP contribution in [0.3, 0.4) is 0 Å². The monoisotopic (exact) mass is 710 g/mol.